The quantitative estimate of drug-likeness (QED) is 0.605. The van der Waals surface area contributed by atoms with Crippen molar-refractivity contribution in [3.63, 3.8) is 0 Å². The van der Waals surface area contributed by atoms with Crippen molar-refractivity contribution in [1.82, 2.24) is 0 Å². The molecule has 2 rings (SSSR count). The molecule has 0 radical (unpaired) electrons. The molecule has 0 aliphatic rings. The van der Waals surface area contributed by atoms with Crippen LogP contribution in [-0.4, -0.2) is 29.4 Å². The van der Waals surface area contributed by atoms with Crippen molar-refractivity contribution in [1.29, 1.82) is 0 Å². The van der Waals surface area contributed by atoms with Crippen LogP contribution in [0.4, 0.5) is 0 Å². The summed E-state index contributed by atoms with van der Waals surface area (Å²) in [6.07, 6.45) is 1.02. The molecule has 0 fully saturated rings. The molecule has 2 aromatic rings. The third-order valence-electron chi connectivity index (χ3n) is 4.40. The van der Waals surface area contributed by atoms with E-state index >= 15 is 0 Å². The topological polar surface area (TPSA) is 76.0 Å². The number of hydrogen-bond acceptors (Lipinski definition) is 4. The van der Waals surface area contributed by atoms with Crippen LogP contribution in [-0.2, 0) is 5.41 Å². The van der Waals surface area contributed by atoms with Gasteiger partial charge < -0.3 is 19.7 Å². The Morgan fingerprint density at radius 2 is 1.61 bits per heavy atom. The summed E-state index contributed by atoms with van der Waals surface area (Å²) in [4.78, 5) is 10.9. The maximum Gasteiger partial charge on any atom is 0.339 e. The fourth-order valence-corrected chi connectivity index (χ4v) is 3.67. The predicted molar refractivity (Wildman–Crippen MR) is 110 cm³/mol. The highest BCUT2D eigenvalue weighted by atomic mass is 16.5. The van der Waals surface area contributed by atoms with Crippen LogP contribution in [0.5, 0.6) is 17.2 Å². The fourth-order valence-electron chi connectivity index (χ4n) is 3.67. The monoisotopic (exact) mass is 386 g/mol. The molecule has 2 aromatic carbocycles. The molecule has 28 heavy (non-hydrogen) atoms. The second-order valence-electron chi connectivity index (χ2n) is 8.80. The minimum absolute atomic E-state index is 0.0336. The Balaban J connectivity index is 1.99. The average molecular weight is 386 g/mol. The van der Waals surface area contributed by atoms with Gasteiger partial charge in [0.1, 0.15) is 36.0 Å². The summed E-state index contributed by atoms with van der Waals surface area (Å²) < 4.78 is 11.5. The highest BCUT2D eigenvalue weighted by Gasteiger charge is 2.29. The van der Waals surface area contributed by atoms with Crippen LogP contribution >= 0.6 is 0 Å². The Morgan fingerprint density at radius 1 is 0.964 bits per heavy atom. The first kappa shape index (κ1) is 21.6. The van der Waals surface area contributed by atoms with Gasteiger partial charge in [0.05, 0.1) is 0 Å². The molecule has 0 atom stereocenters. The lowest BCUT2D eigenvalue weighted by Crippen LogP contribution is -2.25. The molecular formula is C23H30O5. The smallest absolute Gasteiger partial charge is 0.339 e. The molecule has 0 unspecified atom stereocenters. The van der Waals surface area contributed by atoms with Crippen molar-refractivity contribution in [2.45, 2.75) is 46.5 Å². The van der Waals surface area contributed by atoms with Gasteiger partial charge in [-0.2, -0.15) is 0 Å². The van der Waals surface area contributed by atoms with Crippen LogP contribution in [0.1, 0.15) is 57.0 Å². The molecule has 5 nitrogen and oxygen atoms in total. The van der Waals surface area contributed by atoms with Gasteiger partial charge in [-0.1, -0.05) is 52.8 Å². The summed E-state index contributed by atoms with van der Waals surface area (Å²) in [5.41, 5.74) is 1.17. The van der Waals surface area contributed by atoms with Crippen LogP contribution in [0.25, 0.3) is 0 Å². The molecule has 5 heteroatoms. The number of aromatic carboxylic acids is 1. The summed E-state index contributed by atoms with van der Waals surface area (Å²) in [6, 6.07) is 12.2. The molecule has 0 heterocycles. The number of carboxylic acids is 1. The van der Waals surface area contributed by atoms with Crippen LogP contribution in [0.15, 0.2) is 42.5 Å². The maximum atomic E-state index is 10.9. The van der Waals surface area contributed by atoms with E-state index in [1.165, 1.54) is 18.2 Å². The van der Waals surface area contributed by atoms with Crippen molar-refractivity contribution in [3.8, 4) is 17.2 Å². The molecule has 0 spiro atoms. The summed E-state index contributed by atoms with van der Waals surface area (Å²) in [5, 5.41) is 18.7. The van der Waals surface area contributed by atoms with E-state index in [-0.39, 0.29) is 28.7 Å². The van der Waals surface area contributed by atoms with Gasteiger partial charge in [0.2, 0.25) is 0 Å². The molecule has 2 N–H and O–H groups in total. The zero-order valence-corrected chi connectivity index (χ0v) is 17.3. The Morgan fingerprint density at radius 3 is 2.21 bits per heavy atom. The molecule has 0 aliphatic heterocycles. The molecule has 152 valence electrons. The van der Waals surface area contributed by atoms with Crippen LogP contribution in [0.2, 0.25) is 0 Å². The zero-order chi connectivity index (χ0) is 20.9. The van der Waals surface area contributed by atoms with Gasteiger partial charge in [0, 0.05) is 6.07 Å². The first-order valence-electron chi connectivity index (χ1n) is 9.41. The van der Waals surface area contributed by atoms with Gasteiger partial charge in [0.15, 0.2) is 0 Å². The number of carboxylic acid groups (broad SMARTS) is 1. The number of hydrogen-bond donors (Lipinski definition) is 2. The lowest BCUT2D eigenvalue weighted by molar-refractivity contribution is 0.0693. The van der Waals surface area contributed by atoms with Crippen LogP contribution in [0.3, 0.4) is 0 Å². The maximum absolute atomic E-state index is 10.9. The predicted octanol–water partition coefficient (Wildman–Crippen LogP) is 5.26. The number of benzene rings is 2. The van der Waals surface area contributed by atoms with E-state index in [2.05, 4.69) is 40.7 Å². The Bertz CT molecular complexity index is 818. The fraction of sp³-hybridized carbons (Fsp3) is 0.435. The number of phenols is 1. The third-order valence-corrected chi connectivity index (χ3v) is 4.40. The van der Waals surface area contributed by atoms with Gasteiger partial charge in [-0.3, -0.25) is 0 Å². The number of aromatic hydroxyl groups is 1. The largest absolute Gasteiger partial charge is 0.507 e. The molecule has 0 saturated heterocycles. The summed E-state index contributed by atoms with van der Waals surface area (Å²) in [6.45, 7) is 11.8. The van der Waals surface area contributed by atoms with E-state index in [9.17, 15) is 9.90 Å². The summed E-state index contributed by atoms with van der Waals surface area (Å²) in [5.74, 6) is -0.265. The van der Waals surface area contributed by atoms with E-state index in [1.54, 1.807) is 0 Å². The van der Waals surface area contributed by atoms with Gasteiger partial charge in [-0.25, -0.2) is 4.79 Å². The van der Waals surface area contributed by atoms with E-state index < -0.39 is 5.97 Å². The van der Waals surface area contributed by atoms with Gasteiger partial charge in [0.25, 0.3) is 0 Å². The standard InChI is InChI=1S/C23H30O5/c1-22(2,3)15-23(4,5)18-8-6-7-9-20(18)28-13-12-27-16-10-11-17(21(25)26)19(24)14-16/h6-11,14,24H,12-13,15H2,1-5H3,(H,25,26). The number of carbonyl (C=O) groups is 1. The molecule has 0 aliphatic carbocycles. The first-order valence-corrected chi connectivity index (χ1v) is 9.41. The minimum atomic E-state index is -1.18. The third kappa shape index (κ3) is 5.91. The lowest BCUT2D eigenvalue weighted by Gasteiger charge is -2.34. The van der Waals surface area contributed by atoms with Crippen molar-refractivity contribution < 1.29 is 24.5 Å². The number of para-hydroxylation sites is 1. The summed E-state index contributed by atoms with van der Waals surface area (Å²) in [7, 11) is 0. The second-order valence-corrected chi connectivity index (χ2v) is 8.80. The SMILES string of the molecule is CC(C)(C)CC(C)(C)c1ccccc1OCCOc1ccc(C(=O)O)c(O)c1. The van der Waals surface area contributed by atoms with E-state index in [4.69, 9.17) is 14.6 Å². The highest BCUT2D eigenvalue weighted by Crippen LogP contribution is 2.40. The van der Waals surface area contributed by atoms with Crippen LogP contribution in [0, 0.1) is 5.41 Å². The Kier molecular flexibility index (Phi) is 6.60. The lowest BCUT2D eigenvalue weighted by atomic mass is 9.72. The van der Waals surface area contributed by atoms with Crippen molar-refractivity contribution in [3.05, 3.63) is 53.6 Å². The van der Waals surface area contributed by atoms with Crippen LogP contribution < -0.4 is 9.47 Å². The van der Waals surface area contributed by atoms with E-state index in [0.29, 0.717) is 12.4 Å². The van der Waals surface area contributed by atoms with Gasteiger partial charge in [-0.15, -0.1) is 0 Å². The molecule has 0 bridgehead atoms. The minimum Gasteiger partial charge on any atom is -0.507 e. The molecule has 0 aromatic heterocycles. The first-order chi connectivity index (χ1) is 13.0. The van der Waals surface area contributed by atoms with Gasteiger partial charge >= 0.3 is 5.97 Å². The summed E-state index contributed by atoms with van der Waals surface area (Å²) >= 11 is 0. The Labute approximate surface area is 166 Å². The number of rotatable bonds is 8. The molecule has 0 amide bonds. The van der Waals surface area contributed by atoms with E-state index in [1.807, 2.05) is 18.2 Å². The van der Waals surface area contributed by atoms with Gasteiger partial charge in [-0.05, 0) is 41.0 Å². The average Bonchev–Trinajstić information content (AvgIpc) is 2.56. The normalized spacial score (nSPS) is 11.9. The highest BCUT2D eigenvalue weighted by molar-refractivity contribution is 5.90. The molecular weight excluding hydrogens is 356 g/mol. The van der Waals surface area contributed by atoms with Crippen molar-refractivity contribution >= 4 is 5.97 Å². The van der Waals surface area contributed by atoms with E-state index in [0.717, 1.165) is 17.7 Å². The van der Waals surface area contributed by atoms with Crippen molar-refractivity contribution in [2.75, 3.05) is 13.2 Å². The second kappa shape index (κ2) is 8.55. The van der Waals surface area contributed by atoms with Crippen molar-refractivity contribution in [2.24, 2.45) is 5.41 Å². The number of ether oxygens (including phenoxy) is 2. The zero-order valence-electron chi connectivity index (χ0n) is 17.3. The molecule has 0 saturated carbocycles. The Hall–Kier alpha value is -2.69.